The van der Waals surface area contributed by atoms with Gasteiger partial charge in [0.2, 0.25) is 5.89 Å². The number of anilines is 1. The number of sulfonamides is 1. The first-order valence-corrected chi connectivity index (χ1v) is 11.0. The summed E-state index contributed by atoms with van der Waals surface area (Å²) in [6.45, 7) is 0. The Morgan fingerprint density at radius 1 is 0.906 bits per heavy atom. The van der Waals surface area contributed by atoms with Crippen LogP contribution in [0.25, 0.3) is 22.8 Å². The quantitative estimate of drug-likeness (QED) is 0.356. The first-order valence-electron chi connectivity index (χ1n) is 9.15. The Bertz CT molecular complexity index is 1350. The van der Waals surface area contributed by atoms with Crippen LogP contribution in [0, 0.1) is 0 Å². The van der Waals surface area contributed by atoms with E-state index in [1.807, 2.05) is 30.3 Å². The van der Waals surface area contributed by atoms with E-state index in [4.69, 9.17) is 16.0 Å². The molecular formula is C22H14ClF3N2O3S. The summed E-state index contributed by atoms with van der Waals surface area (Å²) in [7, 11) is -4.19. The van der Waals surface area contributed by atoms with Crippen molar-refractivity contribution in [1.82, 2.24) is 4.98 Å². The minimum atomic E-state index is -4.64. The smallest absolute Gasteiger partial charge is 0.416 e. The molecule has 1 heterocycles. The topological polar surface area (TPSA) is 72.2 Å². The van der Waals surface area contributed by atoms with Crippen molar-refractivity contribution >= 4 is 27.3 Å². The number of aromatic nitrogens is 1. The van der Waals surface area contributed by atoms with Gasteiger partial charge in [0.15, 0.2) is 5.76 Å². The predicted octanol–water partition coefficient (Wildman–Crippen LogP) is 6.48. The zero-order valence-electron chi connectivity index (χ0n) is 16.1. The third kappa shape index (κ3) is 4.63. The van der Waals surface area contributed by atoms with Gasteiger partial charge < -0.3 is 4.42 Å². The van der Waals surface area contributed by atoms with E-state index in [9.17, 15) is 21.6 Å². The first kappa shape index (κ1) is 21.9. The number of nitrogens with one attached hydrogen (secondary N) is 1. The maximum Gasteiger partial charge on any atom is 0.416 e. The Balaban J connectivity index is 1.57. The fourth-order valence-electron chi connectivity index (χ4n) is 2.90. The van der Waals surface area contributed by atoms with E-state index in [-0.39, 0.29) is 15.6 Å². The van der Waals surface area contributed by atoms with Gasteiger partial charge in [0, 0.05) is 11.1 Å². The van der Waals surface area contributed by atoms with Crippen LogP contribution in [-0.4, -0.2) is 13.4 Å². The van der Waals surface area contributed by atoms with Crippen molar-refractivity contribution in [3.8, 4) is 22.8 Å². The Hall–Kier alpha value is -3.30. The van der Waals surface area contributed by atoms with Crippen LogP contribution in [-0.2, 0) is 16.2 Å². The lowest BCUT2D eigenvalue weighted by Crippen LogP contribution is -2.14. The summed E-state index contributed by atoms with van der Waals surface area (Å²) >= 11 is 5.88. The van der Waals surface area contributed by atoms with Crippen LogP contribution < -0.4 is 4.72 Å². The lowest BCUT2D eigenvalue weighted by atomic mass is 10.2. The first-order chi connectivity index (χ1) is 15.1. The van der Waals surface area contributed by atoms with Gasteiger partial charge >= 0.3 is 6.18 Å². The van der Waals surface area contributed by atoms with Crippen LogP contribution in [0.2, 0.25) is 5.02 Å². The molecule has 0 radical (unpaired) electrons. The molecule has 0 amide bonds. The molecule has 0 spiro atoms. The second-order valence-corrected chi connectivity index (χ2v) is 8.81. The molecule has 1 N–H and O–H groups in total. The van der Waals surface area contributed by atoms with Gasteiger partial charge in [0.05, 0.1) is 27.4 Å². The molecule has 0 aliphatic carbocycles. The number of hydrogen-bond donors (Lipinski definition) is 1. The lowest BCUT2D eigenvalue weighted by Gasteiger charge is -2.13. The highest BCUT2D eigenvalue weighted by Gasteiger charge is 2.31. The monoisotopic (exact) mass is 478 g/mol. The Morgan fingerprint density at radius 2 is 1.59 bits per heavy atom. The summed E-state index contributed by atoms with van der Waals surface area (Å²) in [5.41, 5.74) is -0.0188. The number of hydrogen-bond acceptors (Lipinski definition) is 4. The molecule has 10 heteroatoms. The lowest BCUT2D eigenvalue weighted by molar-refractivity contribution is -0.137. The molecule has 0 saturated heterocycles. The largest absolute Gasteiger partial charge is 0.436 e. The average molecular weight is 479 g/mol. The molecular weight excluding hydrogens is 465 g/mol. The van der Waals surface area contributed by atoms with E-state index in [1.54, 1.807) is 6.20 Å². The van der Waals surface area contributed by atoms with Gasteiger partial charge in [-0.2, -0.15) is 13.2 Å². The second-order valence-electron chi connectivity index (χ2n) is 6.72. The summed E-state index contributed by atoms with van der Waals surface area (Å²) in [6, 6.07) is 17.3. The predicted molar refractivity (Wildman–Crippen MR) is 115 cm³/mol. The zero-order valence-corrected chi connectivity index (χ0v) is 17.7. The average Bonchev–Trinajstić information content (AvgIpc) is 3.25. The third-order valence-corrected chi connectivity index (χ3v) is 6.22. The molecule has 4 rings (SSSR count). The fourth-order valence-corrected chi connectivity index (χ4v) is 4.20. The zero-order chi connectivity index (χ0) is 22.9. The van der Waals surface area contributed by atoms with E-state index in [0.717, 1.165) is 17.7 Å². The van der Waals surface area contributed by atoms with Gasteiger partial charge in [-0.1, -0.05) is 41.9 Å². The number of halogens is 4. The summed E-state index contributed by atoms with van der Waals surface area (Å²) in [5, 5.41) is -0.161. The highest BCUT2D eigenvalue weighted by Crippen LogP contribution is 2.35. The maximum atomic E-state index is 12.9. The van der Waals surface area contributed by atoms with Crippen LogP contribution >= 0.6 is 11.6 Å². The maximum absolute atomic E-state index is 12.9. The molecule has 32 heavy (non-hydrogen) atoms. The van der Waals surface area contributed by atoms with Gasteiger partial charge in [0.25, 0.3) is 10.0 Å². The second kappa shape index (κ2) is 8.33. The third-order valence-electron chi connectivity index (χ3n) is 4.51. The Labute approximate surface area is 186 Å². The number of oxazole rings is 1. The molecule has 0 unspecified atom stereocenters. The number of rotatable bonds is 5. The molecule has 4 aromatic rings. The van der Waals surface area contributed by atoms with Crippen LogP contribution in [0.3, 0.4) is 0 Å². The molecule has 164 valence electrons. The molecule has 0 aliphatic heterocycles. The van der Waals surface area contributed by atoms with Gasteiger partial charge in [-0.15, -0.1) is 0 Å². The van der Waals surface area contributed by atoms with E-state index < -0.39 is 21.8 Å². The molecule has 1 aromatic heterocycles. The van der Waals surface area contributed by atoms with Crippen molar-refractivity contribution in [2.24, 2.45) is 0 Å². The van der Waals surface area contributed by atoms with Crippen molar-refractivity contribution < 1.29 is 26.0 Å². The van der Waals surface area contributed by atoms with Crippen molar-refractivity contribution in [3.63, 3.8) is 0 Å². The summed E-state index contributed by atoms with van der Waals surface area (Å²) in [6.07, 6.45) is -3.08. The Kier molecular flexibility index (Phi) is 5.70. The number of alkyl halides is 3. The van der Waals surface area contributed by atoms with Crippen molar-refractivity contribution in [3.05, 3.63) is 89.6 Å². The van der Waals surface area contributed by atoms with Gasteiger partial charge in [-0.05, 0) is 42.5 Å². The van der Waals surface area contributed by atoms with E-state index >= 15 is 0 Å². The molecule has 0 bridgehead atoms. The summed E-state index contributed by atoms with van der Waals surface area (Å²) in [5.74, 6) is 0.847. The summed E-state index contributed by atoms with van der Waals surface area (Å²) in [4.78, 5) is 4.05. The van der Waals surface area contributed by atoms with Crippen LogP contribution in [0.4, 0.5) is 18.9 Å². The molecule has 0 atom stereocenters. The van der Waals surface area contributed by atoms with Gasteiger partial charge in [0.1, 0.15) is 0 Å². The van der Waals surface area contributed by atoms with Crippen LogP contribution in [0.1, 0.15) is 5.56 Å². The van der Waals surface area contributed by atoms with E-state index in [0.29, 0.717) is 23.3 Å². The molecule has 0 fully saturated rings. The van der Waals surface area contributed by atoms with Gasteiger partial charge in [-0.3, -0.25) is 4.72 Å². The van der Waals surface area contributed by atoms with E-state index in [1.165, 1.54) is 24.3 Å². The minimum absolute atomic E-state index is 0.161. The SMILES string of the molecule is O=S(=O)(Nc1cc(C(F)(F)F)ccc1Cl)c1ccc(-c2ncc(-c3ccccc3)o2)cc1. The molecule has 5 nitrogen and oxygen atoms in total. The minimum Gasteiger partial charge on any atom is -0.436 e. The van der Waals surface area contributed by atoms with Crippen LogP contribution in [0.15, 0.2) is 88.3 Å². The molecule has 3 aromatic carbocycles. The highest BCUT2D eigenvalue weighted by molar-refractivity contribution is 7.92. The van der Waals surface area contributed by atoms with Gasteiger partial charge in [-0.25, -0.2) is 13.4 Å². The molecule has 0 aliphatic rings. The summed E-state index contributed by atoms with van der Waals surface area (Å²) < 4.78 is 72.0. The van der Waals surface area contributed by atoms with Crippen LogP contribution in [0.5, 0.6) is 0 Å². The fraction of sp³-hybridized carbons (Fsp3) is 0.0455. The standard InChI is InChI=1S/C22H14ClF3N2O3S/c23-18-11-8-16(22(24,25)26)12-19(18)28-32(29,30)17-9-6-15(7-10-17)21-27-13-20(31-21)14-4-2-1-3-5-14/h1-13,28H. The number of nitrogens with zero attached hydrogens (tertiary/aromatic N) is 1. The normalized spacial score (nSPS) is 12.0. The van der Waals surface area contributed by atoms with Crippen molar-refractivity contribution in [2.45, 2.75) is 11.1 Å². The highest BCUT2D eigenvalue weighted by atomic mass is 35.5. The van der Waals surface area contributed by atoms with Crippen molar-refractivity contribution in [2.75, 3.05) is 4.72 Å². The Morgan fingerprint density at radius 3 is 2.25 bits per heavy atom. The number of benzene rings is 3. The van der Waals surface area contributed by atoms with E-state index in [2.05, 4.69) is 9.71 Å². The van der Waals surface area contributed by atoms with Crippen molar-refractivity contribution in [1.29, 1.82) is 0 Å². The molecule has 0 saturated carbocycles.